The molecule has 0 spiro atoms. The number of aliphatic hydroxyl groups is 9. The highest BCUT2D eigenvalue weighted by Crippen LogP contribution is 2.28. The summed E-state index contributed by atoms with van der Waals surface area (Å²) in [5.41, 5.74) is 0. The smallest absolute Gasteiger partial charge is 0.186 e. The lowest BCUT2D eigenvalue weighted by molar-refractivity contribution is -0.340. The van der Waals surface area contributed by atoms with Crippen LogP contribution < -0.4 is 0 Å². The molecule has 0 saturated carbocycles. The first-order chi connectivity index (χ1) is 16.5. The van der Waals surface area contributed by atoms with E-state index in [4.69, 9.17) is 28.4 Å². The van der Waals surface area contributed by atoms with Gasteiger partial charge in [-0.1, -0.05) is 6.92 Å². The molecule has 15 unspecified atom stereocenters. The number of ether oxygens (including phenoxy) is 6. The van der Waals surface area contributed by atoms with Crippen molar-refractivity contribution in [3.8, 4) is 0 Å². The average molecular weight is 516 g/mol. The van der Waals surface area contributed by atoms with E-state index >= 15 is 0 Å². The standard InChI is InChI=1S/C20H36O15/c1-3-6-9(21)12(24)16(28)19(33-6)31-5-8-11(23)14(26)17(29)20(35-8)32-4-7-10(22)13(25)15(27)18(30-2)34-7/h6-29H,3-5H2,1-2H3. The van der Waals surface area contributed by atoms with Gasteiger partial charge in [0.25, 0.3) is 0 Å². The molecule has 0 aliphatic carbocycles. The molecule has 3 aliphatic rings. The highest BCUT2D eigenvalue weighted by Gasteiger charge is 2.49. The molecule has 9 N–H and O–H groups in total. The van der Waals surface area contributed by atoms with E-state index in [9.17, 15) is 46.0 Å². The molecule has 3 heterocycles. The van der Waals surface area contributed by atoms with Crippen LogP contribution in [-0.4, -0.2) is 158 Å². The maximum atomic E-state index is 10.3. The predicted octanol–water partition coefficient (Wildman–Crippen LogP) is -5.50. The Morgan fingerprint density at radius 1 is 0.486 bits per heavy atom. The van der Waals surface area contributed by atoms with Crippen molar-refractivity contribution in [2.75, 3.05) is 20.3 Å². The van der Waals surface area contributed by atoms with Crippen molar-refractivity contribution in [3.63, 3.8) is 0 Å². The van der Waals surface area contributed by atoms with Crippen molar-refractivity contribution >= 4 is 0 Å². The predicted molar refractivity (Wildman–Crippen MR) is 109 cm³/mol. The lowest BCUT2D eigenvalue weighted by atomic mass is 9.97. The van der Waals surface area contributed by atoms with Crippen LogP contribution in [0.15, 0.2) is 0 Å². The van der Waals surface area contributed by atoms with Gasteiger partial charge < -0.3 is 74.4 Å². The van der Waals surface area contributed by atoms with Gasteiger partial charge in [-0.25, -0.2) is 0 Å². The molecule has 15 heteroatoms. The number of rotatable bonds is 8. The Hall–Kier alpha value is -0.600. The number of methoxy groups -OCH3 is 1. The molecule has 0 aromatic rings. The molecule has 15 atom stereocenters. The van der Waals surface area contributed by atoms with E-state index in [1.807, 2.05) is 0 Å². The second kappa shape index (κ2) is 12.3. The summed E-state index contributed by atoms with van der Waals surface area (Å²) >= 11 is 0. The zero-order valence-electron chi connectivity index (χ0n) is 19.3. The molecule has 0 aromatic heterocycles. The van der Waals surface area contributed by atoms with E-state index in [0.29, 0.717) is 6.42 Å². The van der Waals surface area contributed by atoms with Crippen molar-refractivity contribution in [1.29, 1.82) is 0 Å². The molecule has 3 fully saturated rings. The summed E-state index contributed by atoms with van der Waals surface area (Å²) in [6.07, 6.45) is -21.3. The first kappa shape index (κ1) is 29.0. The van der Waals surface area contributed by atoms with E-state index < -0.39 is 105 Å². The van der Waals surface area contributed by atoms with Gasteiger partial charge in [0.2, 0.25) is 0 Å². The lowest BCUT2D eigenvalue weighted by Gasteiger charge is -2.43. The minimum absolute atomic E-state index is 0.318. The molecule has 3 saturated heterocycles. The maximum Gasteiger partial charge on any atom is 0.186 e. The summed E-state index contributed by atoms with van der Waals surface area (Å²) < 4.78 is 32.1. The SMILES string of the molecule is CCC1OC(OCC2OC(OCC3OC(OC)C(O)C(O)C3O)C(O)C(O)C2O)C(O)C(O)C1O. The van der Waals surface area contributed by atoms with Crippen LogP contribution >= 0.6 is 0 Å². The van der Waals surface area contributed by atoms with Crippen molar-refractivity contribution < 1.29 is 74.4 Å². The Bertz CT molecular complexity index is 600. The van der Waals surface area contributed by atoms with Crippen LogP contribution in [0.1, 0.15) is 13.3 Å². The van der Waals surface area contributed by atoms with Crippen LogP contribution in [0.4, 0.5) is 0 Å². The molecule has 3 aliphatic heterocycles. The molecular weight excluding hydrogens is 480 g/mol. The maximum absolute atomic E-state index is 10.3. The summed E-state index contributed by atoms with van der Waals surface area (Å²) in [7, 11) is 1.22. The van der Waals surface area contributed by atoms with Gasteiger partial charge in [-0.15, -0.1) is 0 Å². The molecule has 15 nitrogen and oxygen atoms in total. The Labute approximate surface area is 200 Å². The van der Waals surface area contributed by atoms with E-state index in [-0.39, 0.29) is 0 Å². The third-order valence-electron chi connectivity index (χ3n) is 6.49. The van der Waals surface area contributed by atoms with E-state index in [1.54, 1.807) is 6.92 Å². The largest absolute Gasteiger partial charge is 0.388 e. The summed E-state index contributed by atoms with van der Waals surface area (Å²) in [6.45, 7) is 0.769. The number of hydrogen-bond donors (Lipinski definition) is 9. The molecule has 0 amide bonds. The Morgan fingerprint density at radius 2 is 0.829 bits per heavy atom. The topological polar surface area (TPSA) is 237 Å². The van der Waals surface area contributed by atoms with Gasteiger partial charge in [-0.05, 0) is 6.42 Å². The van der Waals surface area contributed by atoms with E-state index in [0.717, 1.165) is 0 Å². The van der Waals surface area contributed by atoms with E-state index in [2.05, 4.69) is 0 Å². The fourth-order valence-corrected chi connectivity index (χ4v) is 4.21. The van der Waals surface area contributed by atoms with Gasteiger partial charge in [0.1, 0.15) is 67.1 Å². The van der Waals surface area contributed by atoms with Crippen LogP contribution in [0.5, 0.6) is 0 Å². The summed E-state index contributed by atoms with van der Waals surface area (Å²) in [5, 5.41) is 90.8. The van der Waals surface area contributed by atoms with Gasteiger partial charge in [0, 0.05) is 7.11 Å². The fourth-order valence-electron chi connectivity index (χ4n) is 4.21. The van der Waals surface area contributed by atoms with Crippen LogP contribution in [0, 0.1) is 0 Å². The Morgan fingerprint density at radius 3 is 1.23 bits per heavy atom. The van der Waals surface area contributed by atoms with Crippen molar-refractivity contribution in [1.82, 2.24) is 0 Å². The van der Waals surface area contributed by atoms with Gasteiger partial charge in [-0.3, -0.25) is 0 Å². The molecular formula is C20H36O15. The van der Waals surface area contributed by atoms with Crippen molar-refractivity contribution in [2.24, 2.45) is 0 Å². The first-order valence-electron chi connectivity index (χ1n) is 11.4. The monoisotopic (exact) mass is 516 g/mol. The quantitative estimate of drug-likeness (QED) is 0.146. The Balaban J connectivity index is 1.59. The van der Waals surface area contributed by atoms with Crippen LogP contribution in [0.2, 0.25) is 0 Å². The molecule has 0 aromatic carbocycles. The second-order valence-corrected chi connectivity index (χ2v) is 8.85. The zero-order valence-corrected chi connectivity index (χ0v) is 19.3. The molecule has 0 bridgehead atoms. The minimum atomic E-state index is -1.73. The van der Waals surface area contributed by atoms with Gasteiger partial charge in [-0.2, -0.15) is 0 Å². The van der Waals surface area contributed by atoms with Gasteiger partial charge in [0.05, 0.1) is 19.3 Å². The lowest BCUT2D eigenvalue weighted by Crippen LogP contribution is -2.62. The average Bonchev–Trinajstić information content (AvgIpc) is 2.85. The minimum Gasteiger partial charge on any atom is -0.388 e. The first-order valence-corrected chi connectivity index (χ1v) is 11.4. The highest BCUT2D eigenvalue weighted by molar-refractivity contribution is 4.93. The molecule has 35 heavy (non-hydrogen) atoms. The van der Waals surface area contributed by atoms with Crippen molar-refractivity contribution in [3.05, 3.63) is 0 Å². The van der Waals surface area contributed by atoms with Crippen LogP contribution in [0.3, 0.4) is 0 Å². The normalized spacial score (nSPS) is 51.3. The van der Waals surface area contributed by atoms with Gasteiger partial charge in [0.15, 0.2) is 18.9 Å². The second-order valence-electron chi connectivity index (χ2n) is 8.85. The Kier molecular flexibility index (Phi) is 10.2. The number of aliphatic hydroxyl groups excluding tert-OH is 9. The zero-order chi connectivity index (χ0) is 26.0. The third kappa shape index (κ3) is 6.11. The summed E-state index contributed by atoms with van der Waals surface area (Å²) in [6, 6.07) is 0. The number of hydrogen-bond acceptors (Lipinski definition) is 15. The third-order valence-corrected chi connectivity index (χ3v) is 6.49. The van der Waals surface area contributed by atoms with Gasteiger partial charge >= 0.3 is 0 Å². The molecule has 0 radical (unpaired) electrons. The highest BCUT2D eigenvalue weighted by atomic mass is 16.7. The molecule has 206 valence electrons. The summed E-state index contributed by atoms with van der Waals surface area (Å²) in [4.78, 5) is 0. The van der Waals surface area contributed by atoms with Crippen molar-refractivity contribution in [2.45, 2.75) is 105 Å². The summed E-state index contributed by atoms with van der Waals surface area (Å²) in [5.74, 6) is 0. The van der Waals surface area contributed by atoms with Crippen LogP contribution in [0.25, 0.3) is 0 Å². The van der Waals surface area contributed by atoms with Crippen LogP contribution in [-0.2, 0) is 28.4 Å². The van der Waals surface area contributed by atoms with E-state index in [1.165, 1.54) is 7.11 Å². The molecule has 3 rings (SSSR count). The fraction of sp³-hybridized carbons (Fsp3) is 1.00.